The first-order chi connectivity index (χ1) is 22.3. The van der Waals surface area contributed by atoms with Crippen molar-refractivity contribution in [3.8, 4) is 28.3 Å². The minimum Gasteiger partial charge on any atom is -0.507 e. The Morgan fingerprint density at radius 2 is 1.43 bits per heavy atom. The number of rotatable bonds is 7. The molecule has 0 unspecified atom stereocenters. The molecule has 0 aliphatic rings. The molecule has 4 aromatic carbocycles. The fourth-order valence-electron chi connectivity index (χ4n) is 6.23. The quantitative estimate of drug-likeness (QED) is 0.192. The van der Waals surface area contributed by atoms with Crippen molar-refractivity contribution in [2.45, 2.75) is 72.8 Å². The number of para-hydroxylation sites is 2. The summed E-state index contributed by atoms with van der Waals surface area (Å²) in [5.41, 5.74) is 8.70. The monoisotopic (exact) mass is 622 g/mol. The molecule has 0 bridgehead atoms. The van der Waals surface area contributed by atoms with Crippen LogP contribution in [-0.2, 0) is 17.4 Å². The first-order valence-corrected chi connectivity index (χ1v) is 16.6. The van der Waals surface area contributed by atoms with Crippen LogP contribution in [0.15, 0.2) is 109 Å². The van der Waals surface area contributed by atoms with Crippen molar-refractivity contribution >= 4 is 28.2 Å². The van der Waals surface area contributed by atoms with Gasteiger partial charge in [0.2, 0.25) is 0 Å². The highest BCUT2D eigenvalue weighted by Gasteiger charge is 2.28. The second-order valence-corrected chi connectivity index (χ2v) is 14.9. The summed E-state index contributed by atoms with van der Waals surface area (Å²) in [5.74, 6) is 2.33. The third-order valence-corrected chi connectivity index (χ3v) is 8.66. The molecule has 5 nitrogen and oxygen atoms in total. The number of aromatic hydroxyl groups is 1. The Bertz CT molecular complexity index is 1970. The minimum absolute atomic E-state index is 0.0961. The molecule has 5 heteroatoms. The fraction of sp³-hybridized carbons (Fsp3) is 0.286. The standard InChI is InChI=1S/C42H46N4O/c1-28(2)27-45-36-21-15-20-33(38(36)44-40(45)34-25-30(41(3,4)5)26-35(39(34)47)42(6,7)8)29-16-14-19-32(24-29)46(31-17-10-9-11-18-31)37-22-12-13-23-43-37/h9-26,28,47H,27H2,1-8H3. The Hall–Kier alpha value is -4.90. The van der Waals surface area contributed by atoms with Crippen molar-refractivity contribution in [3.05, 3.63) is 120 Å². The van der Waals surface area contributed by atoms with Gasteiger partial charge in [-0.05, 0) is 76.4 Å². The molecular weight excluding hydrogens is 576 g/mol. The average Bonchev–Trinajstić information content (AvgIpc) is 3.39. The van der Waals surface area contributed by atoms with Crippen LogP contribution < -0.4 is 4.90 Å². The molecule has 0 radical (unpaired) electrons. The SMILES string of the molecule is CC(C)Cn1c(-c2cc(C(C)(C)C)cc(C(C)(C)C)c2O)nc2c(-c3cccc(N(c4ccccc4)c4ccccn4)c3)cccc21. The maximum atomic E-state index is 11.9. The van der Waals surface area contributed by atoms with Crippen LogP contribution in [0, 0.1) is 5.92 Å². The Morgan fingerprint density at radius 3 is 2.09 bits per heavy atom. The van der Waals surface area contributed by atoms with Gasteiger partial charge in [-0.3, -0.25) is 4.90 Å². The van der Waals surface area contributed by atoms with E-state index >= 15 is 0 Å². The topological polar surface area (TPSA) is 54.2 Å². The molecule has 0 atom stereocenters. The zero-order chi connectivity index (χ0) is 33.5. The highest BCUT2D eigenvalue weighted by Crippen LogP contribution is 2.44. The molecule has 47 heavy (non-hydrogen) atoms. The van der Waals surface area contributed by atoms with E-state index in [4.69, 9.17) is 9.97 Å². The van der Waals surface area contributed by atoms with Gasteiger partial charge in [-0.1, -0.05) is 110 Å². The Labute approximate surface area is 279 Å². The Kier molecular flexibility index (Phi) is 8.44. The number of phenolic OH excluding ortho intramolecular Hbond substituents is 1. The molecule has 240 valence electrons. The van der Waals surface area contributed by atoms with Gasteiger partial charge >= 0.3 is 0 Å². The molecule has 0 spiro atoms. The van der Waals surface area contributed by atoms with Crippen molar-refractivity contribution in [2.75, 3.05) is 4.90 Å². The molecule has 0 aliphatic heterocycles. The van der Waals surface area contributed by atoms with E-state index < -0.39 is 0 Å². The van der Waals surface area contributed by atoms with E-state index in [1.54, 1.807) is 0 Å². The lowest BCUT2D eigenvalue weighted by Crippen LogP contribution is -2.17. The maximum absolute atomic E-state index is 11.9. The average molecular weight is 623 g/mol. The largest absolute Gasteiger partial charge is 0.507 e. The van der Waals surface area contributed by atoms with Gasteiger partial charge in [-0.2, -0.15) is 0 Å². The van der Waals surface area contributed by atoms with Crippen LogP contribution in [0.5, 0.6) is 5.75 Å². The second kappa shape index (κ2) is 12.4. The summed E-state index contributed by atoms with van der Waals surface area (Å²) in [4.78, 5) is 12.3. The third kappa shape index (κ3) is 6.40. The number of nitrogens with zero attached hydrogens (tertiary/aromatic N) is 4. The molecule has 0 saturated heterocycles. The lowest BCUT2D eigenvalue weighted by molar-refractivity contribution is 0.445. The van der Waals surface area contributed by atoms with Gasteiger partial charge in [-0.25, -0.2) is 9.97 Å². The van der Waals surface area contributed by atoms with Crippen LogP contribution in [-0.4, -0.2) is 19.6 Å². The van der Waals surface area contributed by atoms with Gasteiger partial charge in [0, 0.05) is 35.2 Å². The number of benzene rings is 4. The van der Waals surface area contributed by atoms with Gasteiger partial charge in [0.25, 0.3) is 0 Å². The number of hydrogen-bond acceptors (Lipinski definition) is 4. The predicted molar refractivity (Wildman–Crippen MR) is 197 cm³/mol. The summed E-state index contributed by atoms with van der Waals surface area (Å²) >= 11 is 0. The predicted octanol–water partition coefficient (Wildman–Crippen LogP) is 11.2. The highest BCUT2D eigenvalue weighted by atomic mass is 16.3. The molecule has 0 fully saturated rings. The van der Waals surface area contributed by atoms with E-state index in [-0.39, 0.29) is 10.8 Å². The Morgan fingerprint density at radius 1 is 0.723 bits per heavy atom. The van der Waals surface area contributed by atoms with E-state index in [1.807, 2.05) is 42.6 Å². The highest BCUT2D eigenvalue weighted by molar-refractivity contribution is 5.96. The molecule has 0 aliphatic carbocycles. The first kappa shape index (κ1) is 32.1. The number of hydrogen-bond donors (Lipinski definition) is 1. The minimum atomic E-state index is -0.237. The van der Waals surface area contributed by atoms with Crippen molar-refractivity contribution < 1.29 is 5.11 Å². The van der Waals surface area contributed by atoms with Gasteiger partial charge in [0.05, 0.1) is 16.6 Å². The molecule has 6 rings (SSSR count). The van der Waals surface area contributed by atoms with Gasteiger partial charge in [0.15, 0.2) is 0 Å². The van der Waals surface area contributed by atoms with Crippen molar-refractivity contribution in [1.29, 1.82) is 0 Å². The van der Waals surface area contributed by atoms with Crippen LogP contribution in [0.4, 0.5) is 17.2 Å². The van der Waals surface area contributed by atoms with E-state index in [0.29, 0.717) is 11.7 Å². The number of pyridine rings is 1. The lowest BCUT2D eigenvalue weighted by atomic mass is 9.79. The van der Waals surface area contributed by atoms with E-state index in [1.165, 1.54) is 5.56 Å². The summed E-state index contributed by atoms with van der Waals surface area (Å²) in [5, 5.41) is 11.9. The number of anilines is 3. The molecule has 2 aromatic heterocycles. The zero-order valence-electron chi connectivity index (χ0n) is 28.9. The third-order valence-electron chi connectivity index (χ3n) is 8.66. The van der Waals surface area contributed by atoms with E-state index in [0.717, 1.165) is 62.8 Å². The number of fused-ring (bicyclic) bond motifs is 1. The van der Waals surface area contributed by atoms with Crippen molar-refractivity contribution in [3.63, 3.8) is 0 Å². The molecule has 1 N–H and O–H groups in total. The van der Waals surface area contributed by atoms with Crippen LogP contribution in [0.2, 0.25) is 0 Å². The maximum Gasteiger partial charge on any atom is 0.144 e. The van der Waals surface area contributed by atoms with Crippen molar-refractivity contribution in [1.82, 2.24) is 14.5 Å². The molecule has 0 saturated carbocycles. The summed E-state index contributed by atoms with van der Waals surface area (Å²) in [6.07, 6.45) is 1.83. The molecule has 0 amide bonds. The molecule has 6 aromatic rings. The van der Waals surface area contributed by atoms with Crippen LogP contribution >= 0.6 is 0 Å². The van der Waals surface area contributed by atoms with Gasteiger partial charge in [0.1, 0.15) is 17.4 Å². The second-order valence-electron chi connectivity index (χ2n) is 14.9. The number of phenols is 1. The number of aromatic nitrogens is 3. The summed E-state index contributed by atoms with van der Waals surface area (Å²) in [6.45, 7) is 18.4. The lowest BCUT2D eigenvalue weighted by Gasteiger charge is -2.27. The molecule has 2 heterocycles. The van der Waals surface area contributed by atoms with Gasteiger partial charge < -0.3 is 9.67 Å². The number of imidazole rings is 1. The first-order valence-electron chi connectivity index (χ1n) is 16.6. The fourth-order valence-corrected chi connectivity index (χ4v) is 6.23. The normalized spacial score (nSPS) is 12.2. The summed E-state index contributed by atoms with van der Waals surface area (Å²) < 4.78 is 2.30. The zero-order valence-corrected chi connectivity index (χ0v) is 28.9. The van der Waals surface area contributed by atoms with Crippen molar-refractivity contribution in [2.24, 2.45) is 5.92 Å². The van der Waals surface area contributed by atoms with Crippen LogP contribution in [0.3, 0.4) is 0 Å². The van der Waals surface area contributed by atoms with E-state index in [9.17, 15) is 5.11 Å². The van der Waals surface area contributed by atoms with Crippen LogP contribution in [0.1, 0.15) is 66.5 Å². The smallest absolute Gasteiger partial charge is 0.144 e. The molecular formula is C42H46N4O. The summed E-state index contributed by atoms with van der Waals surface area (Å²) in [6, 6.07) is 35.6. The van der Waals surface area contributed by atoms with E-state index in [2.05, 4.69) is 132 Å². The van der Waals surface area contributed by atoms with Crippen LogP contribution in [0.25, 0.3) is 33.5 Å². The Balaban J connectivity index is 1.58. The summed E-state index contributed by atoms with van der Waals surface area (Å²) in [7, 11) is 0. The van der Waals surface area contributed by atoms with Gasteiger partial charge in [-0.15, -0.1) is 0 Å².